The standard InChI is InChI=1S/C17H12F5NO3S.C2H6/c18-12-2-1-3-13(19)16(12)15-9-8-14(23-15)10-4-6-11(7-5-10)26-27(24,25)17(20,21)22;1-2/h1-7,14H,8-9H2;1-2H3. The minimum absolute atomic E-state index is 0.198. The van der Waals surface area contributed by atoms with Crippen molar-refractivity contribution in [3.8, 4) is 5.75 Å². The van der Waals surface area contributed by atoms with E-state index in [0.29, 0.717) is 18.4 Å². The maximum absolute atomic E-state index is 13.9. The Kier molecular flexibility index (Phi) is 6.99. The molecule has 1 aliphatic heterocycles. The molecule has 1 heterocycles. The van der Waals surface area contributed by atoms with E-state index in [1.54, 1.807) is 0 Å². The van der Waals surface area contributed by atoms with Crippen molar-refractivity contribution < 1.29 is 34.6 Å². The van der Waals surface area contributed by atoms with Crippen LogP contribution in [0, 0.1) is 11.6 Å². The molecule has 1 unspecified atom stereocenters. The minimum Gasteiger partial charge on any atom is -0.376 e. The van der Waals surface area contributed by atoms with Crippen LogP contribution < -0.4 is 4.18 Å². The molecule has 10 heteroatoms. The summed E-state index contributed by atoms with van der Waals surface area (Å²) in [5.41, 5.74) is -4.91. The summed E-state index contributed by atoms with van der Waals surface area (Å²) in [5, 5.41) is 0. The van der Waals surface area contributed by atoms with E-state index in [4.69, 9.17) is 0 Å². The molecule has 1 aliphatic rings. The van der Waals surface area contributed by atoms with Gasteiger partial charge in [0.1, 0.15) is 17.4 Å². The molecule has 2 aromatic carbocycles. The lowest BCUT2D eigenvalue weighted by Gasteiger charge is -2.11. The van der Waals surface area contributed by atoms with Crippen molar-refractivity contribution in [1.82, 2.24) is 0 Å². The molecule has 0 N–H and O–H groups in total. The van der Waals surface area contributed by atoms with Crippen molar-refractivity contribution in [2.45, 2.75) is 38.2 Å². The van der Waals surface area contributed by atoms with Gasteiger partial charge in [0.25, 0.3) is 0 Å². The van der Waals surface area contributed by atoms with Crippen LogP contribution in [0.1, 0.15) is 43.9 Å². The van der Waals surface area contributed by atoms with E-state index in [1.807, 2.05) is 13.8 Å². The van der Waals surface area contributed by atoms with E-state index in [2.05, 4.69) is 9.18 Å². The molecular weight excluding hydrogens is 417 g/mol. The van der Waals surface area contributed by atoms with Gasteiger partial charge in [-0.25, -0.2) is 8.78 Å². The van der Waals surface area contributed by atoms with Crippen molar-refractivity contribution in [2.24, 2.45) is 4.99 Å². The molecule has 0 aromatic heterocycles. The van der Waals surface area contributed by atoms with Gasteiger partial charge in [0.15, 0.2) is 0 Å². The smallest absolute Gasteiger partial charge is 0.376 e. The monoisotopic (exact) mass is 435 g/mol. The third-order valence-electron chi connectivity index (χ3n) is 3.97. The highest BCUT2D eigenvalue weighted by Crippen LogP contribution is 2.34. The number of aliphatic imine (C=N–C) groups is 1. The summed E-state index contributed by atoms with van der Waals surface area (Å²) in [6.07, 6.45) is 0.771. The molecule has 0 amide bonds. The number of rotatable bonds is 4. The highest BCUT2D eigenvalue weighted by Gasteiger charge is 2.48. The Morgan fingerprint density at radius 2 is 1.55 bits per heavy atom. The Balaban J connectivity index is 0.00000145. The number of alkyl halides is 3. The summed E-state index contributed by atoms with van der Waals surface area (Å²) in [5.74, 6) is -1.95. The topological polar surface area (TPSA) is 55.7 Å². The quantitative estimate of drug-likeness (QED) is 0.360. The molecule has 29 heavy (non-hydrogen) atoms. The molecule has 0 fully saturated rings. The van der Waals surface area contributed by atoms with E-state index in [0.717, 1.165) is 24.3 Å². The molecule has 3 rings (SSSR count). The largest absolute Gasteiger partial charge is 0.534 e. The Labute approximate surface area is 165 Å². The first-order valence-electron chi connectivity index (χ1n) is 8.70. The first kappa shape index (κ1) is 22.8. The Bertz CT molecular complexity index is 966. The van der Waals surface area contributed by atoms with Crippen LogP contribution in [0.15, 0.2) is 47.5 Å². The summed E-state index contributed by atoms with van der Waals surface area (Å²) >= 11 is 0. The third-order valence-corrected chi connectivity index (χ3v) is 4.95. The Morgan fingerprint density at radius 1 is 1.00 bits per heavy atom. The molecule has 1 atom stereocenters. The van der Waals surface area contributed by atoms with Gasteiger partial charge in [-0.3, -0.25) is 4.99 Å². The Hall–Kier alpha value is -2.49. The van der Waals surface area contributed by atoms with Gasteiger partial charge < -0.3 is 4.18 Å². The van der Waals surface area contributed by atoms with Crippen LogP contribution in [0.25, 0.3) is 0 Å². The lowest BCUT2D eigenvalue weighted by atomic mass is 10.0. The van der Waals surface area contributed by atoms with Gasteiger partial charge in [-0.05, 0) is 42.7 Å². The molecule has 158 valence electrons. The van der Waals surface area contributed by atoms with Crippen molar-refractivity contribution in [1.29, 1.82) is 0 Å². The number of halogens is 5. The highest BCUT2D eigenvalue weighted by atomic mass is 32.2. The maximum atomic E-state index is 13.9. The molecule has 0 radical (unpaired) electrons. The van der Waals surface area contributed by atoms with E-state index < -0.39 is 39.1 Å². The van der Waals surface area contributed by atoms with Crippen LogP contribution in [0.2, 0.25) is 0 Å². The zero-order chi connectivity index (χ0) is 21.8. The van der Waals surface area contributed by atoms with Gasteiger partial charge in [-0.1, -0.05) is 32.0 Å². The zero-order valence-electron chi connectivity index (χ0n) is 15.5. The van der Waals surface area contributed by atoms with E-state index in [1.165, 1.54) is 18.2 Å². The van der Waals surface area contributed by atoms with E-state index in [-0.39, 0.29) is 11.3 Å². The van der Waals surface area contributed by atoms with E-state index >= 15 is 0 Å². The van der Waals surface area contributed by atoms with Crippen LogP contribution in [-0.4, -0.2) is 19.6 Å². The molecule has 0 bridgehead atoms. The van der Waals surface area contributed by atoms with Crippen molar-refractivity contribution >= 4 is 15.8 Å². The van der Waals surface area contributed by atoms with Gasteiger partial charge in [0, 0.05) is 5.71 Å². The molecule has 4 nitrogen and oxygen atoms in total. The predicted molar refractivity (Wildman–Crippen MR) is 98.3 cm³/mol. The average Bonchev–Trinajstić information content (AvgIpc) is 3.12. The minimum atomic E-state index is -5.75. The van der Waals surface area contributed by atoms with Gasteiger partial charge in [-0.15, -0.1) is 0 Å². The number of nitrogens with zero attached hydrogens (tertiary/aromatic N) is 1. The SMILES string of the molecule is CC.O=S(=O)(Oc1ccc(C2CCC(c3c(F)cccc3F)=N2)cc1)C(F)(F)F. The number of hydrogen-bond donors (Lipinski definition) is 0. The summed E-state index contributed by atoms with van der Waals surface area (Å²) in [6.45, 7) is 4.00. The van der Waals surface area contributed by atoms with Crippen LogP contribution in [-0.2, 0) is 10.1 Å². The third kappa shape index (κ3) is 5.11. The second-order valence-corrected chi connectivity index (χ2v) is 7.32. The van der Waals surface area contributed by atoms with Gasteiger partial charge in [-0.2, -0.15) is 21.6 Å². The fourth-order valence-electron chi connectivity index (χ4n) is 2.71. The van der Waals surface area contributed by atoms with Gasteiger partial charge in [0.05, 0.1) is 11.6 Å². The fourth-order valence-corrected chi connectivity index (χ4v) is 3.17. The zero-order valence-corrected chi connectivity index (χ0v) is 16.3. The summed E-state index contributed by atoms with van der Waals surface area (Å²) < 4.78 is 90.7. The molecule has 0 saturated carbocycles. The molecular formula is C19H18F5NO3S. The average molecular weight is 435 g/mol. The Morgan fingerprint density at radius 3 is 2.07 bits per heavy atom. The van der Waals surface area contributed by atoms with Gasteiger partial charge in [0.2, 0.25) is 0 Å². The van der Waals surface area contributed by atoms with Crippen LogP contribution in [0.5, 0.6) is 5.75 Å². The summed E-state index contributed by atoms with van der Waals surface area (Å²) in [4.78, 5) is 4.29. The second-order valence-electron chi connectivity index (χ2n) is 5.78. The second kappa shape index (κ2) is 8.89. The van der Waals surface area contributed by atoms with E-state index in [9.17, 15) is 30.4 Å². The van der Waals surface area contributed by atoms with Gasteiger partial charge >= 0.3 is 15.6 Å². The molecule has 0 saturated heterocycles. The van der Waals surface area contributed by atoms with Crippen LogP contribution >= 0.6 is 0 Å². The normalized spacial score (nSPS) is 16.7. The highest BCUT2D eigenvalue weighted by molar-refractivity contribution is 7.88. The molecule has 0 spiro atoms. The van der Waals surface area contributed by atoms with Crippen LogP contribution in [0.3, 0.4) is 0 Å². The lowest BCUT2D eigenvalue weighted by Crippen LogP contribution is -2.28. The summed E-state index contributed by atoms with van der Waals surface area (Å²) in [6, 6.07) is 7.89. The lowest BCUT2D eigenvalue weighted by molar-refractivity contribution is -0.0500. The maximum Gasteiger partial charge on any atom is 0.534 e. The molecule has 0 aliphatic carbocycles. The predicted octanol–water partition coefficient (Wildman–Crippen LogP) is 5.54. The number of hydrogen-bond acceptors (Lipinski definition) is 4. The van der Waals surface area contributed by atoms with Crippen molar-refractivity contribution in [3.05, 3.63) is 65.2 Å². The fraction of sp³-hybridized carbons (Fsp3) is 0.316. The molecule has 2 aromatic rings. The van der Waals surface area contributed by atoms with Crippen molar-refractivity contribution in [3.63, 3.8) is 0 Å². The van der Waals surface area contributed by atoms with Crippen molar-refractivity contribution in [2.75, 3.05) is 0 Å². The first-order valence-corrected chi connectivity index (χ1v) is 10.1. The summed E-state index contributed by atoms with van der Waals surface area (Å²) in [7, 11) is -5.75. The number of benzene rings is 2. The van der Waals surface area contributed by atoms with Crippen LogP contribution in [0.4, 0.5) is 22.0 Å². The first-order chi connectivity index (χ1) is 13.6.